The van der Waals surface area contributed by atoms with Gasteiger partial charge in [0.15, 0.2) is 5.58 Å². The highest BCUT2D eigenvalue weighted by Gasteiger charge is 2.10. The molecule has 1 aromatic carbocycles. The SMILES string of the molecule is Cc1ccc2onc(C(C)N)c2c1. The number of nitrogens with zero attached hydrogens (tertiary/aromatic N) is 1. The molecule has 68 valence electrons. The molecular weight excluding hydrogens is 164 g/mol. The van der Waals surface area contributed by atoms with Crippen LogP contribution in [-0.2, 0) is 0 Å². The highest BCUT2D eigenvalue weighted by atomic mass is 16.5. The Morgan fingerprint density at radius 3 is 2.92 bits per heavy atom. The molecule has 0 saturated carbocycles. The first kappa shape index (κ1) is 8.26. The average molecular weight is 176 g/mol. The van der Waals surface area contributed by atoms with Crippen LogP contribution in [0.3, 0.4) is 0 Å². The van der Waals surface area contributed by atoms with Crippen molar-refractivity contribution in [2.24, 2.45) is 5.73 Å². The molecule has 0 saturated heterocycles. The van der Waals surface area contributed by atoms with E-state index in [4.69, 9.17) is 10.3 Å². The molecule has 1 heterocycles. The van der Waals surface area contributed by atoms with Gasteiger partial charge in [-0.15, -0.1) is 0 Å². The molecule has 2 N–H and O–H groups in total. The van der Waals surface area contributed by atoms with Crippen molar-refractivity contribution in [2.75, 3.05) is 0 Å². The molecule has 0 bridgehead atoms. The minimum absolute atomic E-state index is 0.0805. The second-order valence-corrected chi connectivity index (χ2v) is 3.36. The van der Waals surface area contributed by atoms with Crippen molar-refractivity contribution in [1.29, 1.82) is 0 Å². The van der Waals surface area contributed by atoms with E-state index in [1.807, 2.05) is 32.0 Å². The van der Waals surface area contributed by atoms with Crippen LogP contribution in [0.4, 0.5) is 0 Å². The molecule has 0 radical (unpaired) electrons. The van der Waals surface area contributed by atoms with Gasteiger partial charge in [0.1, 0.15) is 5.69 Å². The molecule has 3 heteroatoms. The number of fused-ring (bicyclic) bond motifs is 1. The van der Waals surface area contributed by atoms with Gasteiger partial charge in [-0.25, -0.2) is 0 Å². The molecule has 0 aliphatic heterocycles. The van der Waals surface area contributed by atoms with Gasteiger partial charge >= 0.3 is 0 Å². The van der Waals surface area contributed by atoms with Gasteiger partial charge in [-0.05, 0) is 26.0 Å². The summed E-state index contributed by atoms with van der Waals surface area (Å²) in [5, 5.41) is 4.96. The second-order valence-electron chi connectivity index (χ2n) is 3.36. The van der Waals surface area contributed by atoms with Gasteiger partial charge in [0.25, 0.3) is 0 Å². The lowest BCUT2D eigenvalue weighted by Gasteiger charge is -1.98. The molecule has 1 aromatic heterocycles. The molecule has 0 fully saturated rings. The zero-order chi connectivity index (χ0) is 9.42. The van der Waals surface area contributed by atoms with Crippen molar-refractivity contribution in [3.05, 3.63) is 29.5 Å². The van der Waals surface area contributed by atoms with E-state index in [-0.39, 0.29) is 6.04 Å². The molecule has 1 atom stereocenters. The standard InChI is InChI=1S/C10H12N2O/c1-6-3-4-9-8(5-6)10(7(2)11)12-13-9/h3-5,7H,11H2,1-2H3. The topological polar surface area (TPSA) is 52.0 Å². The number of benzene rings is 1. The smallest absolute Gasteiger partial charge is 0.167 e. The Balaban J connectivity index is 2.71. The van der Waals surface area contributed by atoms with Crippen molar-refractivity contribution in [3.63, 3.8) is 0 Å². The fraction of sp³-hybridized carbons (Fsp3) is 0.300. The molecule has 13 heavy (non-hydrogen) atoms. The predicted molar refractivity (Wildman–Crippen MR) is 51.3 cm³/mol. The summed E-state index contributed by atoms with van der Waals surface area (Å²) in [6.45, 7) is 3.94. The van der Waals surface area contributed by atoms with Crippen molar-refractivity contribution < 1.29 is 4.52 Å². The Labute approximate surface area is 76.5 Å². The Kier molecular flexibility index (Phi) is 1.81. The summed E-state index contributed by atoms with van der Waals surface area (Å²) in [7, 11) is 0. The Bertz CT molecular complexity index is 431. The third kappa shape index (κ3) is 1.31. The average Bonchev–Trinajstić information content (AvgIpc) is 2.46. The number of rotatable bonds is 1. The first-order chi connectivity index (χ1) is 6.18. The number of hydrogen-bond acceptors (Lipinski definition) is 3. The van der Waals surface area contributed by atoms with Gasteiger partial charge in [0.2, 0.25) is 0 Å². The number of hydrogen-bond donors (Lipinski definition) is 1. The summed E-state index contributed by atoms with van der Waals surface area (Å²) in [4.78, 5) is 0. The largest absolute Gasteiger partial charge is 0.356 e. The van der Waals surface area contributed by atoms with Crippen LogP contribution in [0, 0.1) is 6.92 Å². The summed E-state index contributed by atoms with van der Waals surface area (Å²) in [5.41, 5.74) is 8.58. The molecule has 0 aliphatic carbocycles. The lowest BCUT2D eigenvalue weighted by atomic mass is 10.1. The van der Waals surface area contributed by atoms with Gasteiger partial charge in [-0.3, -0.25) is 0 Å². The summed E-state index contributed by atoms with van der Waals surface area (Å²) in [6.07, 6.45) is 0. The lowest BCUT2D eigenvalue weighted by Crippen LogP contribution is -2.05. The Hall–Kier alpha value is -1.35. The summed E-state index contributed by atoms with van der Waals surface area (Å²) >= 11 is 0. The molecule has 0 spiro atoms. The van der Waals surface area contributed by atoms with E-state index in [9.17, 15) is 0 Å². The third-order valence-corrected chi connectivity index (χ3v) is 2.08. The zero-order valence-corrected chi connectivity index (χ0v) is 7.74. The maximum Gasteiger partial charge on any atom is 0.167 e. The highest BCUT2D eigenvalue weighted by Crippen LogP contribution is 2.23. The van der Waals surface area contributed by atoms with Crippen molar-refractivity contribution in [2.45, 2.75) is 19.9 Å². The summed E-state index contributed by atoms with van der Waals surface area (Å²) < 4.78 is 5.14. The van der Waals surface area contributed by atoms with Crippen LogP contribution in [0.2, 0.25) is 0 Å². The van der Waals surface area contributed by atoms with Gasteiger partial charge in [-0.1, -0.05) is 16.8 Å². The van der Waals surface area contributed by atoms with E-state index in [0.29, 0.717) is 0 Å². The first-order valence-electron chi connectivity index (χ1n) is 4.30. The molecule has 3 nitrogen and oxygen atoms in total. The molecule has 0 amide bonds. The van der Waals surface area contributed by atoms with Crippen molar-refractivity contribution in [3.8, 4) is 0 Å². The van der Waals surface area contributed by atoms with Gasteiger partial charge in [-0.2, -0.15) is 0 Å². The van der Waals surface area contributed by atoms with Crippen molar-refractivity contribution >= 4 is 11.0 Å². The summed E-state index contributed by atoms with van der Waals surface area (Å²) in [6, 6.07) is 5.88. The minimum atomic E-state index is -0.0805. The Morgan fingerprint density at radius 2 is 2.23 bits per heavy atom. The fourth-order valence-corrected chi connectivity index (χ4v) is 1.40. The van der Waals surface area contributed by atoms with Crippen LogP contribution in [0.5, 0.6) is 0 Å². The maximum atomic E-state index is 5.75. The van der Waals surface area contributed by atoms with Crippen LogP contribution < -0.4 is 5.73 Å². The van der Waals surface area contributed by atoms with E-state index < -0.39 is 0 Å². The van der Waals surface area contributed by atoms with Crippen LogP contribution >= 0.6 is 0 Å². The minimum Gasteiger partial charge on any atom is -0.356 e. The first-order valence-corrected chi connectivity index (χ1v) is 4.30. The monoisotopic (exact) mass is 176 g/mol. The third-order valence-electron chi connectivity index (χ3n) is 2.08. The van der Waals surface area contributed by atoms with E-state index in [1.54, 1.807) is 0 Å². The fourth-order valence-electron chi connectivity index (χ4n) is 1.40. The van der Waals surface area contributed by atoms with Crippen LogP contribution in [0.25, 0.3) is 11.0 Å². The second kappa shape index (κ2) is 2.85. The maximum absolute atomic E-state index is 5.75. The molecule has 2 aromatic rings. The number of aryl methyl sites for hydroxylation is 1. The summed E-state index contributed by atoms with van der Waals surface area (Å²) in [5.74, 6) is 0. The van der Waals surface area contributed by atoms with Gasteiger partial charge in [0.05, 0.1) is 0 Å². The van der Waals surface area contributed by atoms with Crippen LogP contribution in [0.15, 0.2) is 22.7 Å². The van der Waals surface area contributed by atoms with Gasteiger partial charge in [0, 0.05) is 11.4 Å². The van der Waals surface area contributed by atoms with E-state index >= 15 is 0 Å². The molecule has 0 aliphatic rings. The molecular formula is C10H12N2O. The predicted octanol–water partition coefficient (Wildman–Crippen LogP) is 2.16. The van der Waals surface area contributed by atoms with Gasteiger partial charge < -0.3 is 10.3 Å². The number of aromatic nitrogens is 1. The van der Waals surface area contributed by atoms with E-state index in [1.165, 1.54) is 5.56 Å². The molecule has 2 rings (SSSR count). The van der Waals surface area contributed by atoms with Crippen LogP contribution in [-0.4, -0.2) is 5.16 Å². The van der Waals surface area contributed by atoms with Crippen molar-refractivity contribution in [1.82, 2.24) is 5.16 Å². The molecule has 1 unspecified atom stereocenters. The van der Waals surface area contributed by atoms with E-state index in [2.05, 4.69) is 5.16 Å². The lowest BCUT2D eigenvalue weighted by molar-refractivity contribution is 0.440. The highest BCUT2D eigenvalue weighted by molar-refractivity contribution is 5.80. The number of nitrogens with two attached hydrogens (primary N) is 1. The van der Waals surface area contributed by atoms with E-state index in [0.717, 1.165) is 16.7 Å². The zero-order valence-electron chi connectivity index (χ0n) is 7.74. The Morgan fingerprint density at radius 1 is 1.46 bits per heavy atom. The van der Waals surface area contributed by atoms with Crippen LogP contribution in [0.1, 0.15) is 24.2 Å². The normalized spacial score (nSPS) is 13.5. The quantitative estimate of drug-likeness (QED) is 0.724.